The van der Waals surface area contributed by atoms with Crippen LogP contribution in [0.5, 0.6) is 0 Å². The Bertz CT molecular complexity index is 2440. The number of hydrogen-bond donors (Lipinski definition) is 3. The van der Waals surface area contributed by atoms with Crippen molar-refractivity contribution in [1.82, 2.24) is 30.6 Å². The number of hydroxylamine groups is 2. The van der Waals surface area contributed by atoms with Crippen molar-refractivity contribution >= 4 is 50.7 Å². The average Bonchev–Trinajstić information content (AvgIpc) is 3.84. The summed E-state index contributed by atoms with van der Waals surface area (Å²) in [5, 5.41) is 17.1. The summed E-state index contributed by atoms with van der Waals surface area (Å²) in [6, 6.07) is 13.3. The Morgan fingerprint density at radius 1 is 0.825 bits per heavy atom. The summed E-state index contributed by atoms with van der Waals surface area (Å²) in [6.07, 6.45) is 1.15. The van der Waals surface area contributed by atoms with Gasteiger partial charge in [0.15, 0.2) is 0 Å². The maximum atomic E-state index is 12.9. The van der Waals surface area contributed by atoms with Crippen molar-refractivity contribution in [2.24, 2.45) is 11.8 Å². The fourth-order valence-corrected chi connectivity index (χ4v) is 7.15. The Morgan fingerprint density at radius 3 is 1.75 bits per heavy atom. The molecule has 2 aromatic carbocycles. The summed E-state index contributed by atoms with van der Waals surface area (Å²) in [6.45, 7) is 3.39. The number of halogens is 6. The van der Waals surface area contributed by atoms with Crippen LogP contribution in [0.3, 0.4) is 0 Å². The first-order chi connectivity index (χ1) is 30.1. The van der Waals surface area contributed by atoms with E-state index >= 15 is 0 Å². The minimum atomic E-state index is -4.18. The summed E-state index contributed by atoms with van der Waals surface area (Å²) < 4.78 is 82.7. The van der Waals surface area contributed by atoms with E-state index in [-0.39, 0.29) is 55.9 Å². The normalized spacial score (nSPS) is 16.9. The van der Waals surface area contributed by atoms with Gasteiger partial charge >= 0.3 is 12.4 Å². The molecule has 3 N–H and O–H groups in total. The van der Waals surface area contributed by atoms with Gasteiger partial charge in [0.1, 0.15) is 12.3 Å². The molecule has 0 spiro atoms. The molecule has 0 bridgehead atoms. The van der Waals surface area contributed by atoms with Crippen LogP contribution in [0.2, 0.25) is 0 Å². The average molecular weight is 883 g/mol. The van der Waals surface area contributed by atoms with Gasteiger partial charge in [-0.3, -0.25) is 29.2 Å². The third kappa shape index (κ3) is 12.1. The van der Waals surface area contributed by atoms with Gasteiger partial charge in [0.05, 0.1) is 60.5 Å². The molecule has 7 rings (SSSR count). The Hall–Kier alpha value is -6.14. The minimum absolute atomic E-state index is 0.0420. The number of amides is 3. The first-order valence-electron chi connectivity index (χ1n) is 20.3. The molecule has 12 nitrogen and oxygen atoms in total. The maximum Gasteiger partial charge on any atom is 0.392 e. The Kier molecular flexibility index (Phi) is 16.2. The zero-order valence-corrected chi connectivity index (χ0v) is 35.0. The molecule has 0 fully saturated rings. The number of carbonyl (C=O) groups excluding carboxylic acids is 3. The van der Waals surface area contributed by atoms with E-state index in [1.54, 1.807) is 48.6 Å². The van der Waals surface area contributed by atoms with Crippen LogP contribution >= 0.6 is 0 Å². The second kappa shape index (κ2) is 21.3. The molecule has 0 saturated carbocycles. The number of pyridine rings is 2. The lowest BCUT2D eigenvalue weighted by Gasteiger charge is -2.24. The van der Waals surface area contributed by atoms with Crippen molar-refractivity contribution in [3.05, 3.63) is 114 Å². The molecule has 3 amide bonds. The quantitative estimate of drug-likeness (QED) is 0.0918. The van der Waals surface area contributed by atoms with Crippen molar-refractivity contribution < 1.29 is 55.1 Å². The van der Waals surface area contributed by atoms with Gasteiger partial charge < -0.3 is 20.2 Å². The number of carbonyl (C=O) groups is 3. The molecule has 2 aliphatic rings. The lowest BCUT2D eigenvalue weighted by molar-refractivity contribution is -0.176. The molecule has 5 aromatic rings. The summed E-state index contributed by atoms with van der Waals surface area (Å²) >= 11 is 0. The second-order valence-corrected chi connectivity index (χ2v) is 14.5. The highest BCUT2D eigenvalue weighted by molar-refractivity contribution is 6.01. The SMILES string of the molecule is CC.CON(C)C(=O)CNC(=O)c1cnc2c(C3=CCC(C(F)(F)F)CC3)cccc2c1.O=C(NC(CO)c1ncco1)c1cnc2c(C3=CCC(C(F)(F)F)CC3)cccc2c1. The Balaban J connectivity index is 0.000000229. The third-order valence-electron chi connectivity index (χ3n) is 10.6. The van der Waals surface area contributed by atoms with E-state index in [2.05, 4.69) is 25.6 Å². The molecule has 3 heterocycles. The number of benzene rings is 2. The molecule has 336 valence electrons. The Labute approximate surface area is 359 Å². The minimum Gasteiger partial charge on any atom is -0.447 e. The van der Waals surface area contributed by atoms with Gasteiger partial charge in [-0.05, 0) is 61.8 Å². The number of fused-ring (bicyclic) bond motifs is 2. The number of para-hydroxylation sites is 2. The molecule has 3 unspecified atom stereocenters. The number of allylic oxidation sites excluding steroid dienone is 4. The summed E-state index contributed by atoms with van der Waals surface area (Å²) in [7, 11) is 2.78. The van der Waals surface area contributed by atoms with Gasteiger partial charge in [0.2, 0.25) is 5.89 Å². The van der Waals surface area contributed by atoms with Crippen LogP contribution in [-0.2, 0) is 9.63 Å². The highest BCUT2D eigenvalue weighted by Gasteiger charge is 2.41. The van der Waals surface area contributed by atoms with Gasteiger partial charge in [0, 0.05) is 41.3 Å². The first kappa shape index (κ1) is 47.9. The van der Waals surface area contributed by atoms with Crippen molar-refractivity contribution in [3.63, 3.8) is 0 Å². The number of aliphatic hydroxyl groups is 1. The van der Waals surface area contributed by atoms with Crippen molar-refractivity contribution in [3.8, 4) is 0 Å². The van der Waals surface area contributed by atoms with Crippen LogP contribution in [0.25, 0.3) is 33.0 Å². The standard InChI is InChI=1S/C22H20F3N3O3.C21H22F3N3O3.C2H6/c23-22(24,25)16-6-4-13(5-7-16)17-3-1-2-14-10-15(11-27-19(14)17)20(30)28-18(12-29)21-26-8-9-31-21;1-27(30-2)18(28)12-26-20(29)15-10-14-4-3-5-17(19(14)25-11-15)13-6-8-16(9-7-13)21(22,23)24;1-2/h1-4,8-11,16,18,29H,5-7,12H2,(H,28,30);3-6,10-11,16H,7-9,12H2,1-2H3,(H,26,29);1-2H3. The molecule has 63 heavy (non-hydrogen) atoms. The number of nitrogens with zero attached hydrogens (tertiary/aromatic N) is 4. The van der Waals surface area contributed by atoms with E-state index in [0.717, 1.165) is 27.3 Å². The molecule has 0 aliphatic heterocycles. The summed E-state index contributed by atoms with van der Waals surface area (Å²) in [5.74, 6) is -3.76. The van der Waals surface area contributed by atoms with E-state index in [9.17, 15) is 45.8 Å². The van der Waals surface area contributed by atoms with Crippen molar-refractivity contribution in [1.29, 1.82) is 0 Å². The first-order valence-corrected chi connectivity index (χ1v) is 20.3. The van der Waals surface area contributed by atoms with E-state index in [1.807, 2.05) is 26.0 Å². The lowest BCUT2D eigenvalue weighted by atomic mass is 9.85. The number of hydrogen-bond acceptors (Lipinski definition) is 9. The summed E-state index contributed by atoms with van der Waals surface area (Å²) in [5.41, 5.74) is 5.03. The largest absolute Gasteiger partial charge is 0.447 e. The van der Waals surface area contributed by atoms with Crippen LogP contribution in [-0.4, -0.2) is 82.5 Å². The zero-order valence-electron chi connectivity index (χ0n) is 35.0. The molecule has 0 saturated heterocycles. The number of aromatic nitrogens is 3. The maximum absolute atomic E-state index is 12.9. The van der Waals surface area contributed by atoms with Crippen LogP contribution < -0.4 is 10.6 Å². The van der Waals surface area contributed by atoms with Gasteiger partial charge in [-0.2, -0.15) is 26.3 Å². The highest BCUT2D eigenvalue weighted by atomic mass is 19.4. The number of oxazole rings is 1. The van der Waals surface area contributed by atoms with E-state index < -0.39 is 48.0 Å². The zero-order chi connectivity index (χ0) is 45.9. The third-order valence-corrected chi connectivity index (χ3v) is 10.6. The number of rotatable bonds is 10. The monoisotopic (exact) mass is 882 g/mol. The van der Waals surface area contributed by atoms with Gasteiger partial charge in [0.25, 0.3) is 17.7 Å². The molecule has 0 radical (unpaired) electrons. The smallest absolute Gasteiger partial charge is 0.392 e. The highest BCUT2D eigenvalue weighted by Crippen LogP contribution is 2.42. The van der Waals surface area contributed by atoms with Crippen LogP contribution in [0.1, 0.15) is 96.1 Å². The van der Waals surface area contributed by atoms with Crippen LogP contribution in [0.4, 0.5) is 26.3 Å². The van der Waals surface area contributed by atoms with Gasteiger partial charge in [-0.1, -0.05) is 62.4 Å². The molecule has 3 aromatic heterocycles. The van der Waals surface area contributed by atoms with Crippen LogP contribution in [0, 0.1) is 11.8 Å². The summed E-state index contributed by atoms with van der Waals surface area (Å²) in [4.78, 5) is 54.2. The molecule has 18 heteroatoms. The Morgan fingerprint density at radius 2 is 1.33 bits per heavy atom. The molecular weight excluding hydrogens is 835 g/mol. The second-order valence-electron chi connectivity index (χ2n) is 14.5. The number of aliphatic hydroxyl groups excluding tert-OH is 1. The number of alkyl halides is 6. The lowest BCUT2D eigenvalue weighted by Crippen LogP contribution is -2.37. The number of nitrogens with one attached hydrogen (secondary N) is 2. The van der Waals surface area contributed by atoms with E-state index in [0.29, 0.717) is 34.6 Å². The van der Waals surface area contributed by atoms with Gasteiger partial charge in [-0.25, -0.2) is 10.0 Å². The van der Waals surface area contributed by atoms with E-state index in [1.165, 1.54) is 39.0 Å². The predicted octanol–water partition coefficient (Wildman–Crippen LogP) is 9.19. The van der Waals surface area contributed by atoms with Crippen molar-refractivity contribution in [2.45, 2.75) is 70.8 Å². The van der Waals surface area contributed by atoms with E-state index in [4.69, 9.17) is 9.25 Å². The topological polar surface area (TPSA) is 160 Å². The van der Waals surface area contributed by atoms with Crippen LogP contribution in [0.15, 0.2) is 90.0 Å². The van der Waals surface area contributed by atoms with Gasteiger partial charge in [-0.15, -0.1) is 0 Å². The number of likely N-dealkylation sites (N-methyl/N-ethyl adjacent to an activating group) is 1. The molecular formula is C45H48F6N6O6. The molecule has 3 atom stereocenters. The predicted molar refractivity (Wildman–Crippen MR) is 223 cm³/mol. The fourth-order valence-electron chi connectivity index (χ4n) is 7.15. The van der Waals surface area contributed by atoms with Crippen molar-refractivity contribution in [2.75, 3.05) is 27.3 Å². The fraction of sp³-hybridized carbons (Fsp3) is 0.378. The molecule has 2 aliphatic carbocycles.